The van der Waals surface area contributed by atoms with Gasteiger partial charge in [-0.3, -0.25) is 4.79 Å². The lowest BCUT2D eigenvalue weighted by atomic mass is 10.1. The molecule has 1 amide bonds. The van der Waals surface area contributed by atoms with E-state index in [1.165, 1.54) is 18.2 Å². The van der Waals surface area contributed by atoms with Crippen molar-refractivity contribution >= 4 is 17.4 Å². The number of nitrogens with one attached hydrogen (secondary N) is 2. The summed E-state index contributed by atoms with van der Waals surface area (Å²) in [4.78, 5) is 20.7. The summed E-state index contributed by atoms with van der Waals surface area (Å²) in [5.41, 5.74) is 0.634. The minimum absolute atomic E-state index is 0.244. The number of nitrogens with zero attached hydrogens (tertiary/aromatic N) is 2. The number of halogens is 1. The molecule has 0 radical (unpaired) electrons. The highest BCUT2D eigenvalue weighted by atomic mass is 19.1. The Morgan fingerprint density at radius 1 is 1.26 bits per heavy atom. The van der Waals surface area contributed by atoms with E-state index in [9.17, 15) is 9.18 Å². The molecule has 1 aromatic heterocycles. The van der Waals surface area contributed by atoms with Gasteiger partial charge in [0.05, 0.1) is 0 Å². The summed E-state index contributed by atoms with van der Waals surface area (Å²) in [6.45, 7) is 6.79. The quantitative estimate of drug-likeness (QED) is 0.854. The predicted molar refractivity (Wildman–Crippen MR) is 89.1 cm³/mol. The maximum Gasteiger partial charge on any atom is 0.274 e. The molecule has 6 heteroatoms. The highest BCUT2D eigenvalue weighted by molar-refractivity contribution is 6.03. The highest BCUT2D eigenvalue weighted by Crippen LogP contribution is 2.13. The monoisotopic (exact) mass is 316 g/mol. The first kappa shape index (κ1) is 16.9. The van der Waals surface area contributed by atoms with Crippen LogP contribution in [0.2, 0.25) is 0 Å². The van der Waals surface area contributed by atoms with E-state index in [0.29, 0.717) is 23.2 Å². The number of anilines is 2. The standard InChI is InChI=1S/C17H21FN4O/c1-11(2)7-8-19-16-10-15(20-12(3)21-16)17(23)22-14-6-4-5-13(18)9-14/h4-6,9-11H,7-8H2,1-3H3,(H,22,23)(H,19,20,21). The molecule has 0 saturated carbocycles. The van der Waals surface area contributed by atoms with E-state index in [-0.39, 0.29) is 5.69 Å². The first-order chi connectivity index (χ1) is 10.9. The van der Waals surface area contributed by atoms with Crippen molar-refractivity contribution in [3.63, 3.8) is 0 Å². The number of carbonyl (C=O) groups is 1. The van der Waals surface area contributed by atoms with Gasteiger partial charge in [0, 0.05) is 18.3 Å². The topological polar surface area (TPSA) is 66.9 Å². The van der Waals surface area contributed by atoms with Crippen LogP contribution in [0.15, 0.2) is 30.3 Å². The van der Waals surface area contributed by atoms with Crippen LogP contribution in [0.25, 0.3) is 0 Å². The van der Waals surface area contributed by atoms with Gasteiger partial charge in [-0.2, -0.15) is 0 Å². The normalized spacial score (nSPS) is 10.7. The van der Waals surface area contributed by atoms with Crippen molar-refractivity contribution in [1.82, 2.24) is 9.97 Å². The van der Waals surface area contributed by atoms with Gasteiger partial charge < -0.3 is 10.6 Å². The van der Waals surface area contributed by atoms with Crippen molar-refractivity contribution in [2.45, 2.75) is 27.2 Å². The van der Waals surface area contributed by atoms with Crippen LogP contribution in [0.1, 0.15) is 36.6 Å². The fourth-order valence-electron chi connectivity index (χ4n) is 2.02. The van der Waals surface area contributed by atoms with Gasteiger partial charge in [0.2, 0.25) is 0 Å². The number of amides is 1. The van der Waals surface area contributed by atoms with Gasteiger partial charge >= 0.3 is 0 Å². The van der Waals surface area contributed by atoms with Crippen LogP contribution in [-0.2, 0) is 0 Å². The number of aromatic nitrogens is 2. The van der Waals surface area contributed by atoms with Crippen molar-refractivity contribution in [3.05, 3.63) is 47.7 Å². The second kappa shape index (κ2) is 7.67. The number of rotatable bonds is 6. The molecule has 0 unspecified atom stereocenters. The minimum Gasteiger partial charge on any atom is -0.370 e. The maximum atomic E-state index is 13.2. The summed E-state index contributed by atoms with van der Waals surface area (Å²) in [7, 11) is 0. The highest BCUT2D eigenvalue weighted by Gasteiger charge is 2.11. The van der Waals surface area contributed by atoms with Crippen LogP contribution in [0.3, 0.4) is 0 Å². The molecule has 0 spiro atoms. The third-order valence-corrected chi connectivity index (χ3v) is 3.18. The zero-order valence-corrected chi connectivity index (χ0v) is 13.6. The zero-order chi connectivity index (χ0) is 16.8. The second-order valence-corrected chi connectivity index (χ2v) is 5.76. The molecule has 1 heterocycles. The first-order valence-corrected chi connectivity index (χ1v) is 7.60. The number of carbonyl (C=O) groups excluding carboxylic acids is 1. The Balaban J connectivity index is 2.09. The molecule has 122 valence electrons. The lowest BCUT2D eigenvalue weighted by molar-refractivity contribution is 0.102. The van der Waals surface area contributed by atoms with E-state index in [0.717, 1.165) is 13.0 Å². The molecular weight excluding hydrogens is 295 g/mol. The van der Waals surface area contributed by atoms with Gasteiger partial charge in [-0.25, -0.2) is 14.4 Å². The fraction of sp³-hybridized carbons (Fsp3) is 0.353. The van der Waals surface area contributed by atoms with Crippen molar-refractivity contribution < 1.29 is 9.18 Å². The van der Waals surface area contributed by atoms with E-state index < -0.39 is 11.7 Å². The Morgan fingerprint density at radius 2 is 2.04 bits per heavy atom. The number of benzene rings is 1. The number of hydrogen-bond donors (Lipinski definition) is 2. The summed E-state index contributed by atoms with van der Waals surface area (Å²) < 4.78 is 13.2. The van der Waals surface area contributed by atoms with Crippen LogP contribution < -0.4 is 10.6 Å². The largest absolute Gasteiger partial charge is 0.370 e. The Labute approximate surface area is 135 Å². The molecule has 0 saturated heterocycles. The fourth-order valence-corrected chi connectivity index (χ4v) is 2.02. The van der Waals surface area contributed by atoms with E-state index in [1.807, 2.05) is 0 Å². The van der Waals surface area contributed by atoms with Gasteiger partial charge in [-0.15, -0.1) is 0 Å². The van der Waals surface area contributed by atoms with Gasteiger partial charge in [0.15, 0.2) is 0 Å². The van der Waals surface area contributed by atoms with E-state index in [1.54, 1.807) is 19.1 Å². The van der Waals surface area contributed by atoms with Crippen LogP contribution >= 0.6 is 0 Å². The third-order valence-electron chi connectivity index (χ3n) is 3.18. The van der Waals surface area contributed by atoms with Crippen LogP contribution in [0.4, 0.5) is 15.9 Å². The minimum atomic E-state index is -0.405. The molecule has 23 heavy (non-hydrogen) atoms. The molecule has 0 atom stereocenters. The van der Waals surface area contributed by atoms with E-state index >= 15 is 0 Å². The third kappa shape index (κ3) is 5.32. The number of aryl methyl sites for hydroxylation is 1. The van der Waals surface area contributed by atoms with Crippen molar-refractivity contribution in [2.24, 2.45) is 5.92 Å². The average Bonchev–Trinajstić information content (AvgIpc) is 2.46. The molecule has 2 rings (SSSR count). The molecule has 0 bridgehead atoms. The summed E-state index contributed by atoms with van der Waals surface area (Å²) in [6.07, 6.45) is 1.01. The molecule has 2 N–H and O–H groups in total. The molecule has 0 aliphatic rings. The second-order valence-electron chi connectivity index (χ2n) is 5.76. The predicted octanol–water partition coefficient (Wildman–Crippen LogP) is 3.63. The summed E-state index contributed by atoms with van der Waals surface area (Å²) in [5.74, 6) is 0.901. The maximum absolute atomic E-state index is 13.2. The van der Waals surface area contributed by atoms with Gasteiger partial charge in [-0.05, 0) is 37.5 Å². The smallest absolute Gasteiger partial charge is 0.274 e. The lowest BCUT2D eigenvalue weighted by Crippen LogP contribution is -2.16. The Bertz CT molecular complexity index is 688. The summed E-state index contributed by atoms with van der Waals surface area (Å²) >= 11 is 0. The molecule has 2 aromatic rings. The van der Waals surface area contributed by atoms with Gasteiger partial charge in [-0.1, -0.05) is 19.9 Å². The van der Waals surface area contributed by atoms with Gasteiger partial charge in [0.25, 0.3) is 5.91 Å². The summed E-state index contributed by atoms with van der Waals surface area (Å²) in [6, 6.07) is 7.34. The van der Waals surface area contributed by atoms with E-state index in [4.69, 9.17) is 0 Å². The van der Waals surface area contributed by atoms with Crippen LogP contribution in [-0.4, -0.2) is 22.4 Å². The Morgan fingerprint density at radius 3 is 2.74 bits per heavy atom. The van der Waals surface area contributed by atoms with Crippen molar-refractivity contribution in [1.29, 1.82) is 0 Å². The molecule has 0 aliphatic carbocycles. The first-order valence-electron chi connectivity index (χ1n) is 7.60. The molecular formula is C17H21FN4O. The van der Waals surface area contributed by atoms with Crippen molar-refractivity contribution in [2.75, 3.05) is 17.2 Å². The SMILES string of the molecule is Cc1nc(NCCC(C)C)cc(C(=O)Nc2cccc(F)c2)n1. The van der Waals surface area contributed by atoms with Crippen LogP contribution in [0, 0.1) is 18.7 Å². The van der Waals surface area contributed by atoms with Crippen molar-refractivity contribution in [3.8, 4) is 0 Å². The molecule has 5 nitrogen and oxygen atoms in total. The lowest BCUT2D eigenvalue weighted by Gasteiger charge is -2.10. The Hall–Kier alpha value is -2.50. The van der Waals surface area contributed by atoms with E-state index in [2.05, 4.69) is 34.4 Å². The zero-order valence-electron chi connectivity index (χ0n) is 13.6. The number of hydrogen-bond acceptors (Lipinski definition) is 4. The van der Waals surface area contributed by atoms with Crippen LogP contribution in [0.5, 0.6) is 0 Å². The average molecular weight is 316 g/mol. The molecule has 0 fully saturated rings. The molecule has 1 aromatic carbocycles. The molecule has 0 aliphatic heterocycles. The Kier molecular flexibility index (Phi) is 5.62. The summed E-state index contributed by atoms with van der Waals surface area (Å²) in [5, 5.41) is 5.82. The van der Waals surface area contributed by atoms with Gasteiger partial charge in [0.1, 0.15) is 23.2 Å².